The van der Waals surface area contributed by atoms with Crippen molar-refractivity contribution in [1.82, 2.24) is 0 Å². The Bertz CT molecular complexity index is 889. The fraction of sp³-hybridized carbons (Fsp3) is 0.150. The highest BCUT2D eigenvalue weighted by Crippen LogP contribution is 2.38. The molecule has 0 aromatic heterocycles. The first kappa shape index (κ1) is 17.9. The highest BCUT2D eigenvalue weighted by atomic mass is 32.2. The molecule has 0 saturated carbocycles. The van der Waals surface area contributed by atoms with Gasteiger partial charge in [0.05, 0.1) is 16.2 Å². The monoisotopic (exact) mass is 366 g/mol. The Hall–Kier alpha value is -2.86. The number of benzene rings is 2. The number of imide groups is 1. The molecular formula is C20H18N2O3S. The van der Waals surface area contributed by atoms with Crippen molar-refractivity contribution >= 4 is 46.4 Å². The molecule has 1 aliphatic rings. The number of nitrogens with one attached hydrogen (secondary N) is 1. The van der Waals surface area contributed by atoms with Crippen molar-refractivity contribution in [2.45, 2.75) is 13.8 Å². The lowest BCUT2D eigenvalue weighted by Crippen LogP contribution is -2.31. The Balaban J connectivity index is 1.97. The molecule has 1 N–H and O–H groups in total. The number of nitrogens with zero attached hydrogens (tertiary/aromatic N) is 1. The lowest BCUT2D eigenvalue weighted by molar-refractivity contribution is -0.120. The summed E-state index contributed by atoms with van der Waals surface area (Å²) in [5, 5.41) is 2.67. The molecule has 2 aromatic carbocycles. The second-order valence-electron chi connectivity index (χ2n) is 5.68. The maximum Gasteiger partial charge on any atom is 0.272 e. The Morgan fingerprint density at radius 3 is 2.23 bits per heavy atom. The summed E-state index contributed by atoms with van der Waals surface area (Å²) in [6.45, 7) is 3.37. The number of amides is 3. The topological polar surface area (TPSA) is 66.5 Å². The molecule has 2 aromatic rings. The standard InChI is InChI=1S/C20H18N2O3S/c1-3-26-18-17(14-7-5-4-6-8-14)19(24)22(20(18)25)16-11-9-15(10-12-16)21-13(2)23/h4-12H,3H2,1-2H3,(H,21,23). The van der Waals surface area contributed by atoms with E-state index in [1.54, 1.807) is 24.3 Å². The SMILES string of the molecule is CCSC1=C(c2ccccc2)C(=O)N(c2ccc(NC(C)=O)cc2)C1=O. The molecule has 0 spiro atoms. The zero-order valence-corrected chi connectivity index (χ0v) is 15.3. The normalized spacial score (nSPS) is 14.2. The first-order chi connectivity index (χ1) is 12.5. The summed E-state index contributed by atoms with van der Waals surface area (Å²) in [5.41, 5.74) is 2.27. The molecule has 0 saturated heterocycles. The van der Waals surface area contributed by atoms with E-state index in [1.165, 1.54) is 23.6 Å². The molecule has 3 amide bonds. The maximum absolute atomic E-state index is 13.0. The number of anilines is 2. The van der Waals surface area contributed by atoms with Crippen LogP contribution in [0.4, 0.5) is 11.4 Å². The largest absolute Gasteiger partial charge is 0.326 e. The number of hydrogen-bond acceptors (Lipinski definition) is 4. The minimum absolute atomic E-state index is 0.180. The van der Waals surface area contributed by atoms with E-state index >= 15 is 0 Å². The predicted octanol–water partition coefficient (Wildman–Crippen LogP) is 3.68. The highest BCUT2D eigenvalue weighted by molar-refractivity contribution is 8.04. The van der Waals surface area contributed by atoms with Crippen LogP contribution in [0.15, 0.2) is 59.5 Å². The van der Waals surface area contributed by atoms with Gasteiger partial charge in [-0.15, -0.1) is 11.8 Å². The fourth-order valence-electron chi connectivity index (χ4n) is 2.78. The number of thioether (sulfide) groups is 1. The van der Waals surface area contributed by atoms with Crippen LogP contribution in [0.1, 0.15) is 19.4 Å². The smallest absolute Gasteiger partial charge is 0.272 e. The van der Waals surface area contributed by atoms with Gasteiger partial charge in [-0.2, -0.15) is 0 Å². The highest BCUT2D eigenvalue weighted by Gasteiger charge is 2.39. The average molecular weight is 366 g/mol. The predicted molar refractivity (Wildman–Crippen MR) is 105 cm³/mol. The van der Waals surface area contributed by atoms with Crippen LogP contribution < -0.4 is 10.2 Å². The Morgan fingerprint density at radius 1 is 1.00 bits per heavy atom. The Labute approximate surface area is 156 Å². The molecule has 1 aliphatic heterocycles. The second kappa shape index (κ2) is 7.58. The lowest BCUT2D eigenvalue weighted by Gasteiger charge is -2.15. The molecule has 0 bridgehead atoms. The van der Waals surface area contributed by atoms with Gasteiger partial charge in [0.25, 0.3) is 11.8 Å². The van der Waals surface area contributed by atoms with Crippen molar-refractivity contribution in [1.29, 1.82) is 0 Å². The molecule has 0 aliphatic carbocycles. The van der Waals surface area contributed by atoms with E-state index in [-0.39, 0.29) is 17.7 Å². The molecule has 0 radical (unpaired) electrons. The molecule has 1 heterocycles. The molecule has 26 heavy (non-hydrogen) atoms. The fourth-order valence-corrected chi connectivity index (χ4v) is 3.63. The molecule has 3 rings (SSSR count). The van der Waals surface area contributed by atoms with E-state index < -0.39 is 0 Å². The summed E-state index contributed by atoms with van der Waals surface area (Å²) in [6.07, 6.45) is 0. The number of rotatable bonds is 5. The van der Waals surface area contributed by atoms with Crippen LogP contribution in [0.25, 0.3) is 5.57 Å². The summed E-state index contributed by atoms with van der Waals surface area (Å²) < 4.78 is 0. The molecule has 132 valence electrons. The van der Waals surface area contributed by atoms with Crippen molar-refractivity contribution in [3.8, 4) is 0 Å². The van der Waals surface area contributed by atoms with Crippen LogP contribution >= 0.6 is 11.8 Å². The van der Waals surface area contributed by atoms with Gasteiger partial charge in [-0.05, 0) is 35.6 Å². The van der Waals surface area contributed by atoms with Gasteiger partial charge in [-0.1, -0.05) is 37.3 Å². The van der Waals surface area contributed by atoms with Crippen LogP contribution in [0.2, 0.25) is 0 Å². The minimum atomic E-state index is -0.329. The van der Waals surface area contributed by atoms with Crippen LogP contribution in [-0.2, 0) is 14.4 Å². The van der Waals surface area contributed by atoms with Gasteiger partial charge in [0.1, 0.15) is 0 Å². The maximum atomic E-state index is 13.0. The van der Waals surface area contributed by atoms with Gasteiger partial charge in [0.2, 0.25) is 5.91 Å². The Morgan fingerprint density at radius 2 is 1.65 bits per heavy atom. The van der Waals surface area contributed by atoms with Crippen molar-refractivity contribution in [2.75, 3.05) is 16.0 Å². The summed E-state index contributed by atoms with van der Waals surface area (Å²) in [6, 6.07) is 15.9. The van der Waals surface area contributed by atoms with E-state index in [9.17, 15) is 14.4 Å². The molecule has 0 unspecified atom stereocenters. The van der Waals surface area contributed by atoms with E-state index in [0.717, 1.165) is 5.56 Å². The quantitative estimate of drug-likeness (QED) is 0.820. The zero-order chi connectivity index (χ0) is 18.7. The third-order valence-electron chi connectivity index (χ3n) is 3.84. The van der Waals surface area contributed by atoms with Gasteiger partial charge in [-0.3, -0.25) is 14.4 Å². The van der Waals surface area contributed by atoms with Crippen molar-refractivity contribution in [3.63, 3.8) is 0 Å². The van der Waals surface area contributed by atoms with Crippen molar-refractivity contribution in [3.05, 3.63) is 65.1 Å². The molecule has 0 fully saturated rings. The zero-order valence-electron chi connectivity index (χ0n) is 14.5. The summed E-state index contributed by atoms with van der Waals surface area (Å²) in [5.74, 6) is -0.127. The number of hydrogen-bond donors (Lipinski definition) is 1. The summed E-state index contributed by atoms with van der Waals surface area (Å²) >= 11 is 1.37. The Kier molecular flexibility index (Phi) is 5.23. The molecule has 6 heteroatoms. The van der Waals surface area contributed by atoms with Gasteiger partial charge in [0, 0.05) is 12.6 Å². The molecule has 5 nitrogen and oxygen atoms in total. The molecule has 0 atom stereocenters. The van der Waals surface area contributed by atoms with E-state index in [2.05, 4.69) is 5.32 Å². The molecular weight excluding hydrogens is 348 g/mol. The van der Waals surface area contributed by atoms with Crippen molar-refractivity contribution in [2.24, 2.45) is 0 Å². The van der Waals surface area contributed by atoms with Crippen molar-refractivity contribution < 1.29 is 14.4 Å². The third-order valence-corrected chi connectivity index (χ3v) is 4.79. The first-order valence-electron chi connectivity index (χ1n) is 8.22. The third kappa shape index (κ3) is 3.41. The average Bonchev–Trinajstić information content (AvgIpc) is 2.87. The number of carbonyl (C=O) groups excluding carboxylic acids is 3. The first-order valence-corrected chi connectivity index (χ1v) is 9.20. The van der Waals surface area contributed by atoms with E-state index in [4.69, 9.17) is 0 Å². The van der Waals surface area contributed by atoms with Gasteiger partial charge in [-0.25, -0.2) is 4.90 Å². The van der Waals surface area contributed by atoms with Crippen LogP contribution in [-0.4, -0.2) is 23.5 Å². The van der Waals surface area contributed by atoms with Gasteiger partial charge in [0.15, 0.2) is 0 Å². The summed E-state index contributed by atoms with van der Waals surface area (Å²) in [7, 11) is 0. The van der Waals surface area contributed by atoms with E-state index in [0.29, 0.717) is 27.6 Å². The van der Waals surface area contributed by atoms with Gasteiger partial charge >= 0.3 is 0 Å². The second-order valence-corrected chi connectivity index (χ2v) is 6.95. The summed E-state index contributed by atoms with van der Waals surface area (Å²) in [4.78, 5) is 38.7. The van der Waals surface area contributed by atoms with Gasteiger partial charge < -0.3 is 5.32 Å². The van der Waals surface area contributed by atoms with Crippen LogP contribution in [0, 0.1) is 0 Å². The van der Waals surface area contributed by atoms with E-state index in [1.807, 2.05) is 37.3 Å². The van der Waals surface area contributed by atoms with Crippen LogP contribution in [0.5, 0.6) is 0 Å². The minimum Gasteiger partial charge on any atom is -0.326 e. The number of carbonyl (C=O) groups is 3. The van der Waals surface area contributed by atoms with Crippen LogP contribution in [0.3, 0.4) is 0 Å². The lowest BCUT2D eigenvalue weighted by atomic mass is 10.1.